The van der Waals surface area contributed by atoms with Gasteiger partial charge in [-0.15, -0.1) is 11.3 Å². The van der Waals surface area contributed by atoms with Gasteiger partial charge in [-0.1, -0.05) is 18.2 Å². The second-order valence-corrected chi connectivity index (χ2v) is 9.87. The lowest BCUT2D eigenvalue weighted by molar-refractivity contribution is -0.132. The van der Waals surface area contributed by atoms with Gasteiger partial charge in [0.1, 0.15) is 9.96 Å². The molecule has 2 N–H and O–H groups in total. The summed E-state index contributed by atoms with van der Waals surface area (Å²) < 4.78 is 32.1. The van der Waals surface area contributed by atoms with Gasteiger partial charge in [0.2, 0.25) is 5.91 Å². The molecule has 10 heteroatoms. The number of carbonyl (C=O) groups is 2. The molecule has 8 nitrogen and oxygen atoms in total. The number of hydrazine groups is 1. The summed E-state index contributed by atoms with van der Waals surface area (Å²) in [4.78, 5) is 24.1. The van der Waals surface area contributed by atoms with Crippen LogP contribution in [-0.2, 0) is 19.6 Å². The minimum absolute atomic E-state index is 0.221. The zero-order chi connectivity index (χ0) is 20.9. The van der Waals surface area contributed by atoms with Crippen molar-refractivity contribution >= 4 is 33.2 Å². The van der Waals surface area contributed by atoms with Crippen molar-refractivity contribution in [1.29, 1.82) is 0 Å². The number of thiophene rings is 1. The molecular formula is C19H23N3O5S2. The Hall–Kier alpha value is -2.43. The third kappa shape index (κ3) is 5.55. The van der Waals surface area contributed by atoms with E-state index in [4.69, 9.17) is 4.74 Å². The summed E-state index contributed by atoms with van der Waals surface area (Å²) in [7, 11) is -3.50. The Bertz CT molecular complexity index is 952. The van der Waals surface area contributed by atoms with Gasteiger partial charge in [-0.2, -0.15) is 4.31 Å². The van der Waals surface area contributed by atoms with Crippen LogP contribution in [0.25, 0.3) is 0 Å². The number of ether oxygens (including phenoxy) is 1. The van der Waals surface area contributed by atoms with Gasteiger partial charge in [0.05, 0.1) is 0 Å². The summed E-state index contributed by atoms with van der Waals surface area (Å²) in [5, 5.41) is 1.72. The molecule has 0 radical (unpaired) electrons. The number of nitrogens with one attached hydrogen (secondary N) is 2. The minimum Gasteiger partial charge on any atom is -0.484 e. The van der Waals surface area contributed by atoms with E-state index in [0.29, 0.717) is 22.8 Å². The third-order valence-electron chi connectivity index (χ3n) is 4.60. The van der Waals surface area contributed by atoms with Crippen LogP contribution in [0.15, 0.2) is 46.0 Å². The number of hydrogen-bond donors (Lipinski definition) is 2. The number of hydrogen-bond acceptors (Lipinski definition) is 6. The summed E-state index contributed by atoms with van der Waals surface area (Å²) in [5.41, 5.74) is 5.75. The molecule has 1 aromatic heterocycles. The van der Waals surface area contributed by atoms with Crippen LogP contribution in [0.5, 0.6) is 5.75 Å². The Labute approximate surface area is 173 Å². The number of amides is 2. The molecule has 1 fully saturated rings. The average molecular weight is 438 g/mol. The van der Waals surface area contributed by atoms with E-state index in [1.54, 1.807) is 23.6 Å². The van der Waals surface area contributed by atoms with Crippen LogP contribution in [0.2, 0.25) is 0 Å². The smallest absolute Gasteiger partial charge is 0.276 e. The Morgan fingerprint density at radius 2 is 1.93 bits per heavy atom. The maximum atomic E-state index is 12.5. The number of rotatable bonds is 6. The van der Waals surface area contributed by atoms with E-state index in [2.05, 4.69) is 10.9 Å². The predicted octanol–water partition coefficient (Wildman–Crippen LogP) is 1.68. The number of benzene rings is 1. The lowest BCUT2D eigenvalue weighted by Crippen LogP contribution is -2.49. The number of aryl methyl sites for hydroxylation is 1. The van der Waals surface area contributed by atoms with Crippen molar-refractivity contribution in [3.63, 3.8) is 0 Å². The summed E-state index contributed by atoms with van der Waals surface area (Å²) in [6.07, 6.45) is 0.790. The lowest BCUT2D eigenvalue weighted by atomic mass is 9.98. The maximum Gasteiger partial charge on any atom is 0.276 e. The van der Waals surface area contributed by atoms with Gasteiger partial charge in [-0.05, 0) is 48.9 Å². The van der Waals surface area contributed by atoms with E-state index in [1.807, 2.05) is 25.1 Å². The molecule has 0 aliphatic carbocycles. The van der Waals surface area contributed by atoms with E-state index < -0.39 is 15.9 Å². The van der Waals surface area contributed by atoms with Crippen LogP contribution in [0.1, 0.15) is 18.4 Å². The van der Waals surface area contributed by atoms with Crippen LogP contribution < -0.4 is 15.6 Å². The van der Waals surface area contributed by atoms with Gasteiger partial charge < -0.3 is 4.74 Å². The van der Waals surface area contributed by atoms with Gasteiger partial charge in [0.15, 0.2) is 6.61 Å². The standard InChI is InChI=1S/C19H23N3O5S2/c1-14-4-2-5-16(12-14)27-13-17(23)20-21-19(24)15-7-9-22(10-8-15)29(25,26)18-6-3-11-28-18/h2-6,11-12,15H,7-10,13H2,1H3,(H,20,23)(H,21,24). The molecule has 156 valence electrons. The van der Waals surface area contributed by atoms with Crippen molar-refractivity contribution in [2.45, 2.75) is 24.0 Å². The number of nitrogens with zero attached hydrogens (tertiary/aromatic N) is 1. The SMILES string of the molecule is Cc1cccc(OCC(=O)NNC(=O)C2CCN(S(=O)(=O)c3cccs3)CC2)c1. The fourth-order valence-corrected chi connectivity index (χ4v) is 5.63. The molecule has 1 aliphatic rings. The first-order valence-corrected chi connectivity index (χ1v) is 11.5. The van der Waals surface area contributed by atoms with Crippen molar-refractivity contribution in [2.24, 2.45) is 5.92 Å². The van der Waals surface area contributed by atoms with Crippen molar-refractivity contribution < 1.29 is 22.7 Å². The van der Waals surface area contributed by atoms with Gasteiger partial charge in [-0.3, -0.25) is 20.4 Å². The molecule has 2 heterocycles. The first-order valence-electron chi connectivity index (χ1n) is 9.18. The third-order valence-corrected chi connectivity index (χ3v) is 7.87. The monoisotopic (exact) mass is 437 g/mol. The van der Waals surface area contributed by atoms with Crippen molar-refractivity contribution in [3.8, 4) is 5.75 Å². The van der Waals surface area contributed by atoms with E-state index in [-0.39, 0.29) is 31.5 Å². The topological polar surface area (TPSA) is 105 Å². The fraction of sp³-hybridized carbons (Fsp3) is 0.368. The molecule has 1 aliphatic heterocycles. The molecule has 0 saturated carbocycles. The van der Waals surface area contributed by atoms with E-state index >= 15 is 0 Å². The minimum atomic E-state index is -3.50. The Kier molecular flexibility index (Phi) is 6.88. The molecular weight excluding hydrogens is 414 g/mol. The number of carbonyl (C=O) groups excluding carboxylic acids is 2. The molecule has 2 aromatic rings. The van der Waals surface area contributed by atoms with E-state index in [9.17, 15) is 18.0 Å². The number of sulfonamides is 1. The molecule has 0 bridgehead atoms. The summed E-state index contributed by atoms with van der Waals surface area (Å²) in [5.74, 6) is -0.590. The van der Waals surface area contributed by atoms with Crippen LogP contribution in [0, 0.1) is 12.8 Å². The molecule has 0 spiro atoms. The lowest BCUT2D eigenvalue weighted by Gasteiger charge is -2.30. The van der Waals surface area contributed by atoms with Crippen molar-refractivity contribution in [2.75, 3.05) is 19.7 Å². The van der Waals surface area contributed by atoms with Crippen molar-refractivity contribution in [1.82, 2.24) is 15.2 Å². The Balaban J connectivity index is 1.41. The quantitative estimate of drug-likeness (QED) is 0.669. The predicted molar refractivity (Wildman–Crippen MR) is 109 cm³/mol. The first-order chi connectivity index (χ1) is 13.9. The molecule has 29 heavy (non-hydrogen) atoms. The van der Waals surface area contributed by atoms with Crippen LogP contribution in [0.3, 0.4) is 0 Å². The molecule has 1 aromatic carbocycles. The van der Waals surface area contributed by atoms with E-state index in [1.165, 1.54) is 15.6 Å². The highest BCUT2D eigenvalue weighted by atomic mass is 32.2. The Morgan fingerprint density at radius 3 is 2.59 bits per heavy atom. The highest BCUT2D eigenvalue weighted by molar-refractivity contribution is 7.91. The van der Waals surface area contributed by atoms with Gasteiger partial charge in [0, 0.05) is 19.0 Å². The Morgan fingerprint density at radius 1 is 1.17 bits per heavy atom. The zero-order valence-corrected chi connectivity index (χ0v) is 17.6. The summed E-state index contributed by atoms with van der Waals surface area (Å²) in [6, 6.07) is 10.6. The fourth-order valence-electron chi connectivity index (χ4n) is 3.02. The summed E-state index contributed by atoms with van der Waals surface area (Å²) >= 11 is 1.18. The molecule has 0 atom stereocenters. The second-order valence-electron chi connectivity index (χ2n) is 6.75. The van der Waals surface area contributed by atoms with E-state index in [0.717, 1.165) is 5.56 Å². The highest BCUT2D eigenvalue weighted by Gasteiger charge is 2.32. The molecule has 3 rings (SSSR count). The average Bonchev–Trinajstić information content (AvgIpc) is 3.26. The number of piperidine rings is 1. The van der Waals surface area contributed by atoms with Crippen molar-refractivity contribution in [3.05, 3.63) is 47.3 Å². The molecule has 2 amide bonds. The maximum absolute atomic E-state index is 12.5. The second kappa shape index (κ2) is 9.38. The van der Waals surface area contributed by atoms with Gasteiger partial charge >= 0.3 is 0 Å². The normalized spacial score (nSPS) is 15.6. The molecule has 1 saturated heterocycles. The molecule has 0 unspecified atom stereocenters. The highest BCUT2D eigenvalue weighted by Crippen LogP contribution is 2.26. The van der Waals surface area contributed by atoms with Crippen LogP contribution >= 0.6 is 11.3 Å². The van der Waals surface area contributed by atoms with Gasteiger partial charge in [-0.25, -0.2) is 8.42 Å². The van der Waals surface area contributed by atoms with Crippen LogP contribution in [-0.4, -0.2) is 44.2 Å². The zero-order valence-electron chi connectivity index (χ0n) is 16.0. The van der Waals surface area contributed by atoms with Crippen LogP contribution in [0.4, 0.5) is 0 Å². The first kappa shape index (κ1) is 21.3. The largest absolute Gasteiger partial charge is 0.484 e. The summed E-state index contributed by atoms with van der Waals surface area (Å²) in [6.45, 7) is 2.23. The van der Waals surface area contributed by atoms with Gasteiger partial charge in [0.25, 0.3) is 15.9 Å².